The molecule has 1 amide bonds. The molecule has 0 fully saturated rings. The number of benzene rings is 3. The summed E-state index contributed by atoms with van der Waals surface area (Å²) >= 11 is 6.07. The lowest BCUT2D eigenvalue weighted by Crippen LogP contribution is -2.16. The van der Waals surface area contributed by atoms with E-state index >= 15 is 0 Å². The maximum Gasteiger partial charge on any atom is 0.263 e. The van der Waals surface area contributed by atoms with Crippen molar-refractivity contribution in [3.8, 4) is 11.5 Å². The average molecular weight is 465 g/mol. The van der Waals surface area contributed by atoms with Crippen LogP contribution in [0.5, 0.6) is 11.5 Å². The molecule has 0 aliphatic rings. The van der Waals surface area contributed by atoms with Crippen LogP contribution < -0.4 is 19.5 Å². The topological polar surface area (TPSA) is 93.7 Å². The van der Waals surface area contributed by atoms with Gasteiger partial charge in [0, 0.05) is 35.1 Å². The van der Waals surface area contributed by atoms with E-state index in [9.17, 15) is 17.6 Å². The molecule has 10 heteroatoms. The van der Waals surface area contributed by atoms with E-state index in [-0.39, 0.29) is 21.2 Å². The van der Waals surface area contributed by atoms with E-state index in [2.05, 4.69) is 10.0 Å². The Morgan fingerprint density at radius 1 is 0.903 bits per heavy atom. The quantitative estimate of drug-likeness (QED) is 0.535. The maximum absolute atomic E-state index is 13.1. The highest BCUT2D eigenvalue weighted by Gasteiger charge is 2.21. The molecular weight excluding hydrogens is 447 g/mol. The molecule has 0 saturated heterocycles. The van der Waals surface area contributed by atoms with E-state index in [1.54, 1.807) is 18.2 Å². The number of carbonyl (C=O) groups excluding carboxylic acids is 1. The maximum atomic E-state index is 13.1. The molecule has 3 rings (SSSR count). The van der Waals surface area contributed by atoms with Crippen molar-refractivity contribution in [1.82, 2.24) is 0 Å². The lowest BCUT2D eigenvalue weighted by atomic mass is 10.2. The zero-order chi connectivity index (χ0) is 22.6. The molecule has 2 N–H and O–H groups in total. The molecular formula is C21H18ClFN2O5S. The summed E-state index contributed by atoms with van der Waals surface area (Å²) in [4.78, 5) is 12.4. The van der Waals surface area contributed by atoms with E-state index in [4.69, 9.17) is 21.1 Å². The van der Waals surface area contributed by atoms with Gasteiger partial charge in [-0.05, 0) is 42.5 Å². The first-order valence-electron chi connectivity index (χ1n) is 8.84. The van der Waals surface area contributed by atoms with E-state index in [1.807, 2.05) is 0 Å². The molecule has 0 bridgehead atoms. The fraction of sp³-hybridized carbons (Fsp3) is 0.0952. The highest BCUT2D eigenvalue weighted by molar-refractivity contribution is 7.92. The lowest BCUT2D eigenvalue weighted by molar-refractivity contribution is 0.102. The van der Waals surface area contributed by atoms with Crippen LogP contribution in [0.25, 0.3) is 0 Å². The Hall–Kier alpha value is -3.30. The van der Waals surface area contributed by atoms with E-state index in [0.29, 0.717) is 17.2 Å². The van der Waals surface area contributed by atoms with Crippen molar-refractivity contribution in [3.05, 3.63) is 77.1 Å². The van der Waals surface area contributed by atoms with Crippen molar-refractivity contribution >= 4 is 38.9 Å². The van der Waals surface area contributed by atoms with Gasteiger partial charge in [0.2, 0.25) is 0 Å². The number of methoxy groups -OCH3 is 2. The third-order valence-electron chi connectivity index (χ3n) is 4.19. The van der Waals surface area contributed by atoms with E-state index in [1.165, 1.54) is 38.5 Å². The highest BCUT2D eigenvalue weighted by atomic mass is 35.5. The average Bonchev–Trinajstić information content (AvgIpc) is 2.75. The number of halogens is 2. The van der Waals surface area contributed by atoms with Gasteiger partial charge in [0.15, 0.2) is 0 Å². The van der Waals surface area contributed by atoms with Gasteiger partial charge < -0.3 is 14.8 Å². The number of hydrogen-bond acceptors (Lipinski definition) is 5. The minimum atomic E-state index is -4.13. The smallest absolute Gasteiger partial charge is 0.263 e. The number of sulfonamides is 1. The predicted molar refractivity (Wildman–Crippen MR) is 116 cm³/mol. The van der Waals surface area contributed by atoms with Crippen LogP contribution >= 0.6 is 11.6 Å². The van der Waals surface area contributed by atoms with Crippen molar-refractivity contribution in [2.45, 2.75) is 4.90 Å². The SMILES string of the molecule is COc1cc(NC(=O)c2ccc(Cl)c(S(=O)(=O)Nc3ccc(F)cc3)c2)cc(OC)c1. The monoisotopic (exact) mass is 464 g/mol. The Bertz CT molecular complexity index is 1190. The van der Waals surface area contributed by atoms with Crippen LogP contribution in [0.4, 0.5) is 15.8 Å². The third kappa shape index (κ3) is 5.44. The third-order valence-corrected chi connectivity index (χ3v) is 6.05. The molecule has 31 heavy (non-hydrogen) atoms. The summed E-state index contributed by atoms with van der Waals surface area (Å²) < 4.78 is 51.2. The molecule has 0 radical (unpaired) electrons. The predicted octanol–water partition coefficient (Wildman–Crippen LogP) is 4.55. The fourth-order valence-electron chi connectivity index (χ4n) is 2.66. The van der Waals surface area contributed by atoms with Crippen LogP contribution in [-0.2, 0) is 10.0 Å². The summed E-state index contributed by atoms with van der Waals surface area (Å²) in [5.41, 5.74) is 0.603. The molecule has 7 nitrogen and oxygen atoms in total. The summed E-state index contributed by atoms with van der Waals surface area (Å²) in [7, 11) is -1.18. The second kappa shape index (κ2) is 9.23. The van der Waals surface area contributed by atoms with Crippen molar-refractivity contribution in [1.29, 1.82) is 0 Å². The first kappa shape index (κ1) is 22.4. The minimum absolute atomic E-state index is 0.0608. The lowest BCUT2D eigenvalue weighted by Gasteiger charge is -2.12. The van der Waals surface area contributed by atoms with Gasteiger partial charge in [-0.2, -0.15) is 0 Å². The zero-order valence-corrected chi connectivity index (χ0v) is 18.1. The van der Waals surface area contributed by atoms with Crippen molar-refractivity contribution < 1.29 is 27.1 Å². The zero-order valence-electron chi connectivity index (χ0n) is 16.5. The second-order valence-corrected chi connectivity index (χ2v) is 8.37. The molecule has 162 valence electrons. The standard InChI is InChI=1S/C21H18ClFN2O5S/c1-29-17-10-16(11-18(12-17)30-2)24-21(26)13-3-8-19(22)20(9-13)31(27,28)25-15-6-4-14(23)5-7-15/h3-12,25H,1-2H3,(H,24,26). The van der Waals surface area contributed by atoms with Crippen LogP contribution in [0.3, 0.4) is 0 Å². The highest BCUT2D eigenvalue weighted by Crippen LogP contribution is 2.28. The van der Waals surface area contributed by atoms with Crippen LogP contribution in [0.1, 0.15) is 10.4 Å². The van der Waals surface area contributed by atoms with Gasteiger partial charge in [-0.1, -0.05) is 11.6 Å². The second-order valence-electron chi connectivity index (χ2n) is 6.31. The first-order chi connectivity index (χ1) is 14.7. The molecule has 3 aromatic carbocycles. The van der Waals surface area contributed by atoms with Crippen LogP contribution in [-0.4, -0.2) is 28.5 Å². The number of hydrogen-bond donors (Lipinski definition) is 2. The van der Waals surface area contributed by atoms with Crippen LogP contribution in [0.2, 0.25) is 5.02 Å². The van der Waals surface area contributed by atoms with Gasteiger partial charge in [-0.15, -0.1) is 0 Å². The van der Waals surface area contributed by atoms with Gasteiger partial charge in [0.05, 0.1) is 19.2 Å². The molecule has 3 aromatic rings. The summed E-state index contributed by atoms with van der Waals surface area (Å²) in [5.74, 6) is -0.130. The Labute approximate surface area is 183 Å². The Morgan fingerprint density at radius 2 is 1.52 bits per heavy atom. The van der Waals surface area contributed by atoms with Crippen molar-refractivity contribution in [3.63, 3.8) is 0 Å². The van der Waals surface area contributed by atoms with Crippen LogP contribution in [0, 0.1) is 5.82 Å². The fourth-order valence-corrected chi connectivity index (χ4v) is 4.25. The molecule has 0 aliphatic carbocycles. The van der Waals surface area contributed by atoms with Gasteiger partial charge >= 0.3 is 0 Å². The van der Waals surface area contributed by atoms with Crippen molar-refractivity contribution in [2.75, 3.05) is 24.3 Å². The number of carbonyl (C=O) groups is 1. The Kier molecular flexibility index (Phi) is 6.67. The van der Waals surface area contributed by atoms with Crippen molar-refractivity contribution in [2.24, 2.45) is 0 Å². The van der Waals surface area contributed by atoms with Gasteiger partial charge in [-0.3, -0.25) is 9.52 Å². The largest absolute Gasteiger partial charge is 0.497 e. The van der Waals surface area contributed by atoms with Crippen LogP contribution in [0.15, 0.2) is 65.6 Å². The molecule has 0 unspecified atom stereocenters. The molecule has 0 aliphatic heterocycles. The van der Waals surface area contributed by atoms with E-state index in [0.717, 1.165) is 18.2 Å². The molecule has 0 spiro atoms. The Morgan fingerprint density at radius 3 is 2.10 bits per heavy atom. The summed E-state index contributed by atoms with van der Waals surface area (Å²) in [6.07, 6.45) is 0. The van der Waals surface area contributed by atoms with Gasteiger partial charge in [-0.25, -0.2) is 12.8 Å². The molecule has 0 heterocycles. The summed E-state index contributed by atoms with van der Waals surface area (Å²) in [6.45, 7) is 0. The van der Waals surface area contributed by atoms with E-state index < -0.39 is 21.7 Å². The Balaban J connectivity index is 1.88. The normalized spacial score (nSPS) is 11.0. The van der Waals surface area contributed by atoms with Gasteiger partial charge in [0.25, 0.3) is 15.9 Å². The molecule has 0 atom stereocenters. The number of rotatable bonds is 7. The number of anilines is 2. The first-order valence-corrected chi connectivity index (χ1v) is 10.7. The minimum Gasteiger partial charge on any atom is -0.497 e. The number of ether oxygens (including phenoxy) is 2. The summed E-state index contributed by atoms with van der Waals surface area (Å²) in [5, 5.41) is 2.59. The molecule has 0 aromatic heterocycles. The number of nitrogens with one attached hydrogen (secondary N) is 2. The van der Waals surface area contributed by atoms with Gasteiger partial charge in [0.1, 0.15) is 22.2 Å². The summed E-state index contributed by atoms with van der Waals surface area (Å²) in [6, 6.07) is 13.4. The number of amides is 1. The molecule has 0 saturated carbocycles.